The van der Waals surface area contributed by atoms with Gasteiger partial charge in [0, 0.05) is 45.5 Å². The Kier molecular flexibility index (Phi) is 6.35. The lowest BCUT2D eigenvalue weighted by Crippen LogP contribution is -2.27. The number of aromatic nitrogens is 1. The summed E-state index contributed by atoms with van der Waals surface area (Å²) in [5.41, 5.74) is 13.3. The number of benzene rings is 3. The van der Waals surface area contributed by atoms with Crippen LogP contribution < -0.4 is 0 Å². The molecule has 3 aromatic carbocycles. The van der Waals surface area contributed by atoms with E-state index in [1.165, 1.54) is 27.8 Å². The number of fused-ring (bicyclic) bond motifs is 7. The lowest BCUT2D eigenvalue weighted by atomic mass is 9.78. The van der Waals surface area contributed by atoms with E-state index in [1.54, 1.807) is 0 Å². The predicted octanol–water partition coefficient (Wildman–Crippen LogP) is 9.23. The van der Waals surface area contributed by atoms with Gasteiger partial charge in [0.15, 0.2) is 0 Å². The zero-order chi connectivity index (χ0) is 29.0. The number of hydrogen-bond acceptors (Lipinski definition) is 4. The second-order valence-electron chi connectivity index (χ2n) is 11.4. The molecular weight excluding hydrogens is 514 g/mol. The van der Waals surface area contributed by atoms with E-state index in [1.807, 2.05) is 12.2 Å². The van der Waals surface area contributed by atoms with E-state index in [-0.39, 0.29) is 12.0 Å². The Labute approximate surface area is 246 Å². The first kappa shape index (κ1) is 26.1. The molecule has 206 valence electrons. The molecule has 0 fully saturated rings. The van der Waals surface area contributed by atoms with E-state index in [2.05, 4.69) is 100 Å². The molecule has 5 aromatic rings. The molecule has 2 aliphatic rings. The maximum Gasteiger partial charge on any atom is 0.227 e. The van der Waals surface area contributed by atoms with Gasteiger partial charge in [-0.15, -0.1) is 0 Å². The summed E-state index contributed by atoms with van der Waals surface area (Å²) in [7, 11) is 0. The average molecular weight is 548 g/mol. The number of aliphatic imine (C=N–C) groups is 2. The van der Waals surface area contributed by atoms with Crippen molar-refractivity contribution in [2.75, 3.05) is 0 Å². The van der Waals surface area contributed by atoms with Gasteiger partial charge in [-0.25, -0.2) is 4.98 Å². The molecule has 4 heteroatoms. The molecule has 42 heavy (non-hydrogen) atoms. The van der Waals surface area contributed by atoms with Gasteiger partial charge in [0.05, 0.1) is 23.2 Å². The highest BCUT2D eigenvalue weighted by atomic mass is 16.3. The number of furan rings is 1. The van der Waals surface area contributed by atoms with E-state index in [0.717, 1.165) is 63.1 Å². The van der Waals surface area contributed by atoms with Gasteiger partial charge in [-0.1, -0.05) is 62.2 Å². The van der Waals surface area contributed by atoms with Gasteiger partial charge >= 0.3 is 0 Å². The zero-order valence-electron chi connectivity index (χ0n) is 24.2. The molecule has 2 aliphatic heterocycles. The van der Waals surface area contributed by atoms with Crippen LogP contribution in [0.4, 0.5) is 0 Å². The number of rotatable bonds is 3. The molecule has 2 unspecified atom stereocenters. The smallest absolute Gasteiger partial charge is 0.227 e. The molecule has 0 amide bonds. The standard InChI is InChI=1S/C38H33N3O/c1-6-32-27-14-9-8-13-26(27)28-16-15-25-20-36-31(21-30(25)33(7-2)39-24(5)19-35(28)40-32)29-17-18-34(41-38(29)42-36)37-22(3)11-10-12-23(37)4/h6-14,17-18,20-21,28,35H,1-2,5,15-16,19H2,3-4H3. The summed E-state index contributed by atoms with van der Waals surface area (Å²) in [6, 6.07) is 23.6. The largest absolute Gasteiger partial charge is 0.438 e. The minimum absolute atomic E-state index is 0.0548. The summed E-state index contributed by atoms with van der Waals surface area (Å²) in [5.74, 6) is 0.253. The fourth-order valence-corrected chi connectivity index (χ4v) is 6.83. The zero-order valence-corrected chi connectivity index (χ0v) is 24.2. The summed E-state index contributed by atoms with van der Waals surface area (Å²) in [6.45, 7) is 16.8. The topological polar surface area (TPSA) is 50.8 Å². The third-order valence-electron chi connectivity index (χ3n) is 8.82. The lowest BCUT2D eigenvalue weighted by Gasteiger charge is -2.32. The normalized spacial score (nSPS) is 18.5. The van der Waals surface area contributed by atoms with Crippen LogP contribution in [0.25, 0.3) is 33.3 Å². The second kappa shape index (κ2) is 10.2. The Morgan fingerprint density at radius 1 is 0.857 bits per heavy atom. The van der Waals surface area contributed by atoms with Gasteiger partial charge in [0.25, 0.3) is 0 Å². The van der Waals surface area contributed by atoms with Crippen LogP contribution in [0.15, 0.2) is 119 Å². The highest BCUT2D eigenvalue weighted by Crippen LogP contribution is 2.40. The van der Waals surface area contributed by atoms with Gasteiger partial charge < -0.3 is 4.42 Å². The number of hydrogen-bond donors (Lipinski definition) is 0. The maximum absolute atomic E-state index is 6.44. The van der Waals surface area contributed by atoms with Crippen molar-refractivity contribution in [2.45, 2.75) is 45.1 Å². The average Bonchev–Trinajstić information content (AvgIpc) is 3.35. The fraction of sp³-hybridized carbons (Fsp3) is 0.184. The third kappa shape index (κ3) is 4.26. The first-order chi connectivity index (χ1) is 20.4. The van der Waals surface area contributed by atoms with E-state index >= 15 is 0 Å². The molecule has 0 bridgehead atoms. The number of aryl methyl sites for hydroxylation is 3. The summed E-state index contributed by atoms with van der Waals surface area (Å²) in [5, 5.41) is 2.03. The molecule has 0 radical (unpaired) electrons. The first-order valence-corrected chi connectivity index (χ1v) is 14.6. The van der Waals surface area contributed by atoms with Crippen LogP contribution in [-0.2, 0) is 6.42 Å². The molecule has 0 aliphatic carbocycles. The Bertz CT molecular complexity index is 1980. The summed E-state index contributed by atoms with van der Waals surface area (Å²) in [6.07, 6.45) is 6.19. The molecule has 4 nitrogen and oxygen atoms in total. The molecule has 7 rings (SSSR count). The van der Waals surface area contributed by atoms with Crippen molar-refractivity contribution in [2.24, 2.45) is 9.98 Å². The molecule has 0 saturated heterocycles. The molecule has 0 saturated carbocycles. The quantitative estimate of drug-likeness (QED) is 0.226. The van der Waals surface area contributed by atoms with Crippen LogP contribution in [0.2, 0.25) is 0 Å². The van der Waals surface area contributed by atoms with E-state index in [4.69, 9.17) is 19.4 Å². The summed E-state index contributed by atoms with van der Waals surface area (Å²) in [4.78, 5) is 15.1. The van der Waals surface area contributed by atoms with Crippen LogP contribution in [0.3, 0.4) is 0 Å². The van der Waals surface area contributed by atoms with Crippen molar-refractivity contribution >= 4 is 33.5 Å². The number of pyridine rings is 1. The highest BCUT2D eigenvalue weighted by molar-refractivity contribution is 6.14. The highest BCUT2D eigenvalue weighted by Gasteiger charge is 2.31. The summed E-state index contributed by atoms with van der Waals surface area (Å²) >= 11 is 0. The molecule has 2 atom stereocenters. The Morgan fingerprint density at radius 2 is 1.64 bits per heavy atom. The van der Waals surface area contributed by atoms with Crippen LogP contribution >= 0.6 is 0 Å². The van der Waals surface area contributed by atoms with Gasteiger partial charge in [-0.05, 0) is 85.4 Å². The van der Waals surface area contributed by atoms with E-state index in [0.29, 0.717) is 12.1 Å². The Balaban J connectivity index is 1.37. The molecule has 0 spiro atoms. The molecule has 2 aromatic heterocycles. The van der Waals surface area contributed by atoms with Crippen molar-refractivity contribution in [3.63, 3.8) is 0 Å². The van der Waals surface area contributed by atoms with Crippen molar-refractivity contribution in [1.29, 1.82) is 0 Å². The van der Waals surface area contributed by atoms with Crippen molar-refractivity contribution in [3.05, 3.63) is 138 Å². The molecular formula is C38H33N3O. The predicted molar refractivity (Wildman–Crippen MR) is 175 cm³/mol. The minimum atomic E-state index is 0.0548. The molecule has 0 N–H and O–H groups in total. The number of allylic oxidation sites excluding steroid dienone is 2. The van der Waals surface area contributed by atoms with Crippen LogP contribution in [-0.4, -0.2) is 22.4 Å². The van der Waals surface area contributed by atoms with Crippen molar-refractivity contribution in [1.82, 2.24) is 4.98 Å². The van der Waals surface area contributed by atoms with Crippen LogP contribution in [0.5, 0.6) is 0 Å². The van der Waals surface area contributed by atoms with Crippen molar-refractivity contribution < 1.29 is 4.42 Å². The lowest BCUT2D eigenvalue weighted by molar-refractivity contribution is 0.490. The van der Waals surface area contributed by atoms with Gasteiger partial charge in [-0.2, -0.15) is 0 Å². The Morgan fingerprint density at radius 3 is 2.43 bits per heavy atom. The minimum Gasteiger partial charge on any atom is -0.438 e. The second-order valence-corrected chi connectivity index (χ2v) is 11.4. The van der Waals surface area contributed by atoms with Crippen LogP contribution in [0.1, 0.15) is 52.1 Å². The van der Waals surface area contributed by atoms with E-state index in [9.17, 15) is 0 Å². The maximum atomic E-state index is 6.44. The monoisotopic (exact) mass is 547 g/mol. The third-order valence-corrected chi connectivity index (χ3v) is 8.82. The first-order valence-electron chi connectivity index (χ1n) is 14.6. The van der Waals surface area contributed by atoms with E-state index < -0.39 is 0 Å². The van der Waals surface area contributed by atoms with Crippen LogP contribution in [0, 0.1) is 13.8 Å². The number of nitrogens with zero attached hydrogens (tertiary/aromatic N) is 3. The summed E-state index contributed by atoms with van der Waals surface area (Å²) < 4.78 is 6.44. The van der Waals surface area contributed by atoms with Gasteiger partial charge in [0.1, 0.15) is 5.58 Å². The fourth-order valence-electron chi connectivity index (χ4n) is 6.83. The van der Waals surface area contributed by atoms with Gasteiger partial charge in [0.2, 0.25) is 5.71 Å². The van der Waals surface area contributed by atoms with Crippen molar-refractivity contribution in [3.8, 4) is 11.3 Å². The van der Waals surface area contributed by atoms with Gasteiger partial charge in [-0.3, -0.25) is 9.98 Å². The Hall–Kier alpha value is -4.83. The SMILES string of the molecule is C=CC1=NC(=C)CC2N=C(C=C)c3ccccc3C2CCc2cc3oc4nc(-c5c(C)cccc5C)ccc4c3cc21. The molecule has 4 heterocycles.